The van der Waals surface area contributed by atoms with Crippen LogP contribution < -0.4 is 5.73 Å². The van der Waals surface area contributed by atoms with Crippen molar-refractivity contribution in [1.82, 2.24) is 4.31 Å². The summed E-state index contributed by atoms with van der Waals surface area (Å²) in [6, 6.07) is 3.00. The molecule has 0 amide bonds. The zero-order chi connectivity index (χ0) is 14.2. The monoisotopic (exact) mass is 304 g/mol. The lowest BCUT2D eigenvalue weighted by molar-refractivity contribution is 0.0102. The van der Waals surface area contributed by atoms with Crippen molar-refractivity contribution in [3.8, 4) is 0 Å². The summed E-state index contributed by atoms with van der Waals surface area (Å²) in [5.74, 6) is 0. The number of hydrogen-bond acceptors (Lipinski definition) is 4. The van der Waals surface area contributed by atoms with Gasteiger partial charge in [-0.2, -0.15) is 4.31 Å². The van der Waals surface area contributed by atoms with Crippen LogP contribution in [0, 0.1) is 6.92 Å². The van der Waals surface area contributed by atoms with E-state index in [1.54, 1.807) is 13.0 Å². The number of benzene rings is 1. The Bertz CT molecular complexity index is 589. The van der Waals surface area contributed by atoms with Crippen molar-refractivity contribution in [2.45, 2.75) is 24.8 Å². The number of ether oxygens (including phenoxy) is 1. The number of nitrogens with zero attached hydrogens (tertiary/aromatic N) is 1. The molecule has 5 nitrogen and oxygen atoms in total. The topological polar surface area (TPSA) is 72.6 Å². The number of morpholine rings is 1. The fourth-order valence-electron chi connectivity index (χ4n) is 2.09. The third-order valence-corrected chi connectivity index (χ3v) is 5.45. The van der Waals surface area contributed by atoms with Gasteiger partial charge in [-0.3, -0.25) is 0 Å². The van der Waals surface area contributed by atoms with Crippen molar-refractivity contribution in [2.24, 2.45) is 0 Å². The lowest BCUT2D eigenvalue weighted by Gasteiger charge is -2.30. The van der Waals surface area contributed by atoms with E-state index in [2.05, 4.69) is 0 Å². The summed E-state index contributed by atoms with van der Waals surface area (Å²) in [7, 11) is -3.55. The normalized spacial score (nSPS) is 21.5. The highest BCUT2D eigenvalue weighted by Crippen LogP contribution is 2.28. The van der Waals surface area contributed by atoms with Crippen LogP contribution in [0.2, 0.25) is 5.02 Å². The van der Waals surface area contributed by atoms with Gasteiger partial charge < -0.3 is 10.5 Å². The number of anilines is 1. The van der Waals surface area contributed by atoms with Crippen molar-refractivity contribution in [2.75, 3.05) is 25.4 Å². The van der Waals surface area contributed by atoms with E-state index in [1.807, 2.05) is 6.92 Å². The Morgan fingerprint density at radius 3 is 2.79 bits per heavy atom. The Balaban J connectivity index is 2.42. The molecule has 0 aromatic heterocycles. The number of halogens is 1. The van der Waals surface area contributed by atoms with Gasteiger partial charge in [-0.1, -0.05) is 11.6 Å². The first-order chi connectivity index (χ1) is 8.82. The predicted octanol–water partition coefficient (Wildman–Crippen LogP) is 1.64. The van der Waals surface area contributed by atoms with Gasteiger partial charge in [0.1, 0.15) is 0 Å². The first-order valence-electron chi connectivity index (χ1n) is 5.99. The molecule has 0 saturated carbocycles. The third-order valence-electron chi connectivity index (χ3n) is 3.12. The molecular formula is C12H17ClN2O3S. The van der Waals surface area contributed by atoms with Crippen LogP contribution in [0.25, 0.3) is 0 Å². The lowest BCUT2D eigenvalue weighted by Crippen LogP contribution is -2.44. The van der Waals surface area contributed by atoms with Gasteiger partial charge in [-0.15, -0.1) is 0 Å². The van der Waals surface area contributed by atoms with E-state index in [9.17, 15) is 8.42 Å². The minimum atomic E-state index is -3.55. The summed E-state index contributed by atoms with van der Waals surface area (Å²) in [4.78, 5) is 0.212. The molecule has 106 valence electrons. The summed E-state index contributed by atoms with van der Waals surface area (Å²) >= 11 is 5.89. The zero-order valence-corrected chi connectivity index (χ0v) is 12.5. The van der Waals surface area contributed by atoms with Crippen LogP contribution in [0.1, 0.15) is 12.5 Å². The van der Waals surface area contributed by atoms with Crippen LogP contribution in [-0.4, -0.2) is 38.5 Å². The van der Waals surface area contributed by atoms with Gasteiger partial charge in [0, 0.05) is 13.1 Å². The van der Waals surface area contributed by atoms with Gasteiger partial charge in [-0.25, -0.2) is 8.42 Å². The molecule has 1 fully saturated rings. The molecule has 19 heavy (non-hydrogen) atoms. The molecule has 1 atom stereocenters. The van der Waals surface area contributed by atoms with E-state index in [0.717, 1.165) is 0 Å². The van der Waals surface area contributed by atoms with Crippen molar-refractivity contribution in [1.29, 1.82) is 0 Å². The van der Waals surface area contributed by atoms with E-state index in [4.69, 9.17) is 22.1 Å². The maximum Gasteiger partial charge on any atom is 0.243 e. The summed E-state index contributed by atoms with van der Waals surface area (Å²) in [6.07, 6.45) is -0.103. The van der Waals surface area contributed by atoms with E-state index in [-0.39, 0.29) is 16.7 Å². The first kappa shape index (κ1) is 14.6. The second-order valence-corrected chi connectivity index (χ2v) is 7.00. The van der Waals surface area contributed by atoms with E-state index in [1.165, 1.54) is 10.4 Å². The SMILES string of the molecule is Cc1cc(Cl)c(N)cc1S(=O)(=O)N1CCOC(C)C1. The van der Waals surface area contributed by atoms with Gasteiger partial charge in [0.2, 0.25) is 10.0 Å². The van der Waals surface area contributed by atoms with Gasteiger partial charge >= 0.3 is 0 Å². The molecule has 1 aliphatic rings. The summed E-state index contributed by atoms with van der Waals surface area (Å²) in [6.45, 7) is 4.67. The van der Waals surface area contributed by atoms with Gasteiger partial charge in [0.25, 0.3) is 0 Å². The highest BCUT2D eigenvalue weighted by atomic mass is 35.5. The third kappa shape index (κ3) is 2.86. The van der Waals surface area contributed by atoms with Crippen LogP contribution in [0.5, 0.6) is 0 Å². The zero-order valence-electron chi connectivity index (χ0n) is 10.9. The maximum absolute atomic E-state index is 12.6. The molecule has 0 spiro atoms. The van der Waals surface area contributed by atoms with Crippen LogP contribution in [0.4, 0.5) is 5.69 Å². The molecule has 1 saturated heterocycles. The van der Waals surface area contributed by atoms with Crippen molar-refractivity contribution < 1.29 is 13.2 Å². The number of aryl methyl sites for hydroxylation is 1. The van der Waals surface area contributed by atoms with E-state index >= 15 is 0 Å². The molecule has 1 heterocycles. The van der Waals surface area contributed by atoms with Crippen LogP contribution in [0.3, 0.4) is 0 Å². The smallest absolute Gasteiger partial charge is 0.243 e. The average molecular weight is 305 g/mol. The predicted molar refractivity (Wildman–Crippen MR) is 74.8 cm³/mol. The second-order valence-electron chi connectivity index (χ2n) is 4.68. The molecule has 0 bridgehead atoms. The quantitative estimate of drug-likeness (QED) is 0.843. The van der Waals surface area contributed by atoms with Crippen molar-refractivity contribution >= 4 is 27.3 Å². The van der Waals surface area contributed by atoms with E-state index in [0.29, 0.717) is 30.3 Å². The minimum Gasteiger partial charge on any atom is -0.397 e. The molecule has 0 radical (unpaired) electrons. The first-order valence-corrected chi connectivity index (χ1v) is 7.81. The summed E-state index contributed by atoms with van der Waals surface area (Å²) < 4.78 is 32.0. The fourth-order valence-corrected chi connectivity index (χ4v) is 4.05. The van der Waals surface area contributed by atoms with Gasteiger partial charge in [-0.05, 0) is 31.5 Å². The Kier molecular flexibility index (Phi) is 4.06. The summed E-state index contributed by atoms with van der Waals surface area (Å²) in [5, 5.41) is 0.367. The molecule has 1 aromatic carbocycles. The number of sulfonamides is 1. The maximum atomic E-state index is 12.6. The minimum absolute atomic E-state index is 0.103. The highest BCUT2D eigenvalue weighted by Gasteiger charge is 2.30. The van der Waals surface area contributed by atoms with Crippen molar-refractivity contribution in [3.05, 3.63) is 22.7 Å². The Morgan fingerprint density at radius 1 is 1.47 bits per heavy atom. The van der Waals surface area contributed by atoms with Gasteiger partial charge in [0.15, 0.2) is 0 Å². The highest BCUT2D eigenvalue weighted by molar-refractivity contribution is 7.89. The molecule has 2 N–H and O–H groups in total. The summed E-state index contributed by atoms with van der Waals surface area (Å²) in [5.41, 5.74) is 6.57. The Labute approximate surface area is 118 Å². The molecule has 1 aliphatic heterocycles. The van der Waals surface area contributed by atoms with Crippen LogP contribution >= 0.6 is 11.6 Å². The fraction of sp³-hybridized carbons (Fsp3) is 0.500. The van der Waals surface area contributed by atoms with Crippen molar-refractivity contribution in [3.63, 3.8) is 0 Å². The lowest BCUT2D eigenvalue weighted by atomic mass is 10.2. The van der Waals surface area contributed by atoms with Crippen LogP contribution in [0.15, 0.2) is 17.0 Å². The number of rotatable bonds is 2. The number of nitrogens with two attached hydrogens (primary N) is 1. The molecular weight excluding hydrogens is 288 g/mol. The van der Waals surface area contributed by atoms with E-state index < -0.39 is 10.0 Å². The number of nitrogen functional groups attached to an aromatic ring is 1. The molecule has 7 heteroatoms. The standard InChI is InChI=1S/C12H17ClN2O3S/c1-8-5-10(13)11(14)6-12(8)19(16,17)15-3-4-18-9(2)7-15/h5-6,9H,3-4,7,14H2,1-2H3. The number of hydrogen-bond donors (Lipinski definition) is 1. The Morgan fingerprint density at radius 2 is 2.16 bits per heavy atom. The van der Waals surface area contributed by atoms with Crippen LogP contribution in [-0.2, 0) is 14.8 Å². The van der Waals surface area contributed by atoms with Gasteiger partial charge in [0.05, 0.1) is 28.3 Å². The molecule has 0 aliphatic carbocycles. The molecule has 2 rings (SSSR count). The largest absolute Gasteiger partial charge is 0.397 e. The Hall–Kier alpha value is -0.820. The molecule has 1 unspecified atom stereocenters. The second kappa shape index (κ2) is 5.28. The average Bonchev–Trinajstić information content (AvgIpc) is 2.33. The molecule has 1 aromatic rings.